The molecule has 0 aliphatic carbocycles. The van der Waals surface area contributed by atoms with Crippen LogP contribution in [0.1, 0.15) is 21.8 Å². The number of aromatic nitrogens is 4. The number of carbonyl (C=O) groups is 1. The number of aryl methyl sites for hydroxylation is 1. The third-order valence-electron chi connectivity index (χ3n) is 4.44. The smallest absolute Gasteiger partial charge is 0.325 e. The Morgan fingerprint density at radius 3 is 2.81 bits per heavy atom. The lowest BCUT2D eigenvalue weighted by Crippen LogP contribution is -2.15. The zero-order valence-corrected chi connectivity index (χ0v) is 18.9. The molecule has 0 saturated heterocycles. The van der Waals surface area contributed by atoms with Gasteiger partial charge in [-0.05, 0) is 24.6 Å². The fourth-order valence-corrected chi connectivity index (χ4v) is 4.81. The van der Waals surface area contributed by atoms with Crippen LogP contribution in [0.2, 0.25) is 5.02 Å². The van der Waals surface area contributed by atoms with Gasteiger partial charge in [-0.25, -0.2) is 4.98 Å². The van der Waals surface area contributed by atoms with E-state index in [9.17, 15) is 18.0 Å². The largest absolute Gasteiger partial charge is 0.417 e. The Hall–Kier alpha value is -2.63. The molecule has 3 heterocycles. The summed E-state index contributed by atoms with van der Waals surface area (Å²) < 4.78 is 40.5. The number of hydrogen-bond acceptors (Lipinski definition) is 6. The van der Waals surface area contributed by atoms with Crippen molar-refractivity contribution in [2.24, 2.45) is 0 Å². The van der Waals surface area contributed by atoms with Crippen molar-refractivity contribution >= 4 is 51.9 Å². The third-order valence-corrected chi connectivity index (χ3v) is 6.59. The van der Waals surface area contributed by atoms with E-state index in [1.807, 2.05) is 31.2 Å². The van der Waals surface area contributed by atoms with Crippen LogP contribution >= 0.6 is 34.7 Å². The Bertz CT molecular complexity index is 1290. The molecule has 1 amide bonds. The number of para-hydroxylation sites is 1. The van der Waals surface area contributed by atoms with Gasteiger partial charge in [-0.2, -0.15) is 13.2 Å². The molecule has 0 unspecified atom stereocenters. The highest BCUT2D eigenvalue weighted by molar-refractivity contribution is 7.98. The number of thiazole rings is 1. The predicted octanol–water partition coefficient (Wildman–Crippen LogP) is 5.64. The van der Waals surface area contributed by atoms with Crippen LogP contribution in [0.4, 0.5) is 18.9 Å². The number of thioether (sulfide) groups is 1. The molecule has 0 radical (unpaired) electrons. The Morgan fingerprint density at radius 2 is 2.06 bits per heavy atom. The molecule has 12 heteroatoms. The van der Waals surface area contributed by atoms with Gasteiger partial charge in [0.05, 0.1) is 22.7 Å². The monoisotopic (exact) mass is 497 g/mol. The number of hydrogen-bond donors (Lipinski definition) is 1. The minimum absolute atomic E-state index is 0.127. The maximum absolute atomic E-state index is 13.1. The van der Waals surface area contributed by atoms with Crippen molar-refractivity contribution in [3.63, 3.8) is 0 Å². The average molecular weight is 498 g/mol. The van der Waals surface area contributed by atoms with Crippen molar-refractivity contribution in [3.05, 3.63) is 68.8 Å². The molecule has 4 rings (SSSR count). The van der Waals surface area contributed by atoms with E-state index < -0.39 is 11.7 Å². The zero-order valence-electron chi connectivity index (χ0n) is 16.5. The van der Waals surface area contributed by atoms with E-state index in [0.29, 0.717) is 16.5 Å². The average Bonchev–Trinajstić information content (AvgIpc) is 3.34. The number of nitrogens with zero attached hydrogens (tertiary/aromatic N) is 4. The van der Waals surface area contributed by atoms with Gasteiger partial charge in [0.2, 0.25) is 5.91 Å². The first-order valence-electron chi connectivity index (χ1n) is 9.24. The van der Waals surface area contributed by atoms with Crippen LogP contribution in [0.3, 0.4) is 0 Å². The number of fused-ring (bicyclic) bond motifs is 1. The summed E-state index contributed by atoms with van der Waals surface area (Å²) in [7, 11) is 0. The summed E-state index contributed by atoms with van der Waals surface area (Å²) in [5.41, 5.74) is 1.67. The molecule has 4 aromatic rings. The molecule has 0 aliphatic heterocycles. The lowest BCUT2D eigenvalue weighted by Gasteiger charge is -2.08. The number of pyridine rings is 1. The number of benzene rings is 1. The summed E-state index contributed by atoms with van der Waals surface area (Å²) in [5, 5.41) is 13.2. The van der Waals surface area contributed by atoms with Crippen LogP contribution in [0.15, 0.2) is 47.1 Å². The number of nitrogens with one attached hydrogen (secondary N) is 1. The first kappa shape index (κ1) is 22.6. The van der Waals surface area contributed by atoms with Crippen molar-refractivity contribution < 1.29 is 18.0 Å². The highest BCUT2D eigenvalue weighted by Gasteiger charge is 2.32. The van der Waals surface area contributed by atoms with Crippen LogP contribution in [0.25, 0.3) is 5.65 Å². The first-order chi connectivity index (χ1) is 15.2. The molecular weight excluding hydrogens is 483 g/mol. The SMILES string of the molecule is Cc1ccccc1NC(=O)Cc1nc(CSc2nnc3c(Cl)cc(C(F)(F)F)cn23)cs1. The van der Waals surface area contributed by atoms with Crippen LogP contribution in [0.5, 0.6) is 0 Å². The van der Waals surface area contributed by atoms with Crippen LogP contribution in [-0.2, 0) is 23.1 Å². The van der Waals surface area contributed by atoms with Crippen molar-refractivity contribution in [2.75, 3.05) is 5.32 Å². The molecule has 0 spiro atoms. The summed E-state index contributed by atoms with van der Waals surface area (Å²) in [6.45, 7) is 1.91. The second kappa shape index (κ2) is 9.08. The normalized spacial score (nSPS) is 11.8. The number of carbonyl (C=O) groups excluding carboxylic acids is 1. The number of anilines is 1. The van der Waals surface area contributed by atoms with Gasteiger partial charge in [0, 0.05) is 23.0 Å². The Kier molecular flexibility index (Phi) is 6.40. The fraction of sp³-hybridized carbons (Fsp3) is 0.200. The molecular formula is C20H15ClF3N5OS2. The van der Waals surface area contributed by atoms with Crippen LogP contribution in [0, 0.1) is 6.92 Å². The van der Waals surface area contributed by atoms with Gasteiger partial charge in [-0.1, -0.05) is 41.6 Å². The highest BCUT2D eigenvalue weighted by Crippen LogP contribution is 2.33. The highest BCUT2D eigenvalue weighted by atomic mass is 35.5. The second-order valence-corrected chi connectivity index (χ2v) is 9.10. The van der Waals surface area contributed by atoms with Gasteiger partial charge in [0.1, 0.15) is 5.01 Å². The molecule has 1 aromatic carbocycles. The van der Waals surface area contributed by atoms with Crippen LogP contribution in [-0.4, -0.2) is 25.5 Å². The van der Waals surface area contributed by atoms with Gasteiger partial charge in [0.25, 0.3) is 0 Å². The molecule has 166 valence electrons. The van der Waals surface area contributed by atoms with E-state index in [1.54, 1.807) is 5.38 Å². The number of rotatable bonds is 6. The van der Waals surface area contributed by atoms with Gasteiger partial charge in [-0.3, -0.25) is 9.20 Å². The summed E-state index contributed by atoms with van der Waals surface area (Å²) in [6.07, 6.45) is -3.49. The molecule has 3 aromatic heterocycles. The summed E-state index contributed by atoms with van der Waals surface area (Å²) in [6, 6.07) is 8.31. The van der Waals surface area contributed by atoms with Crippen molar-refractivity contribution in [1.82, 2.24) is 19.6 Å². The van der Waals surface area contributed by atoms with E-state index >= 15 is 0 Å². The van der Waals surface area contributed by atoms with E-state index in [2.05, 4.69) is 20.5 Å². The minimum atomic E-state index is -4.54. The van der Waals surface area contributed by atoms with Crippen LogP contribution < -0.4 is 5.32 Å². The van der Waals surface area contributed by atoms with E-state index in [4.69, 9.17) is 11.6 Å². The number of alkyl halides is 3. The van der Waals surface area contributed by atoms with Gasteiger partial charge in [-0.15, -0.1) is 21.5 Å². The summed E-state index contributed by atoms with van der Waals surface area (Å²) in [4.78, 5) is 16.7. The lowest BCUT2D eigenvalue weighted by atomic mass is 10.2. The van der Waals surface area contributed by atoms with Gasteiger partial charge >= 0.3 is 6.18 Å². The second-order valence-electron chi connectivity index (χ2n) is 6.81. The molecule has 0 aliphatic rings. The zero-order chi connectivity index (χ0) is 22.9. The lowest BCUT2D eigenvalue weighted by molar-refractivity contribution is -0.137. The Morgan fingerprint density at radius 1 is 1.28 bits per heavy atom. The van der Waals surface area contributed by atoms with E-state index in [1.165, 1.54) is 27.5 Å². The van der Waals surface area contributed by atoms with E-state index in [-0.39, 0.29) is 28.2 Å². The van der Waals surface area contributed by atoms with Crippen molar-refractivity contribution in [3.8, 4) is 0 Å². The molecule has 32 heavy (non-hydrogen) atoms. The van der Waals surface area contributed by atoms with Gasteiger partial charge in [0.15, 0.2) is 10.8 Å². The van der Waals surface area contributed by atoms with E-state index in [0.717, 1.165) is 23.5 Å². The first-order valence-corrected chi connectivity index (χ1v) is 11.5. The molecule has 0 atom stereocenters. The van der Waals surface area contributed by atoms with Gasteiger partial charge < -0.3 is 5.32 Å². The topological polar surface area (TPSA) is 72.2 Å². The predicted molar refractivity (Wildman–Crippen MR) is 118 cm³/mol. The standard InChI is InChI=1S/C20H15ClF3N5OS2/c1-11-4-2-3-5-15(11)26-16(30)7-17-25-13(9-31-17)10-32-19-28-27-18-14(21)6-12(8-29(18)19)20(22,23)24/h2-6,8-9H,7,10H2,1H3,(H,26,30). The third kappa shape index (κ3) is 5.05. The molecule has 0 bridgehead atoms. The Balaban J connectivity index is 1.42. The summed E-state index contributed by atoms with van der Waals surface area (Å²) >= 11 is 8.46. The molecule has 0 saturated carbocycles. The summed E-state index contributed by atoms with van der Waals surface area (Å²) in [5.74, 6) is 0.176. The molecule has 0 fully saturated rings. The molecule has 6 nitrogen and oxygen atoms in total. The number of amides is 1. The van der Waals surface area contributed by atoms with Crippen molar-refractivity contribution in [1.29, 1.82) is 0 Å². The fourth-order valence-electron chi connectivity index (χ4n) is 2.87. The maximum atomic E-state index is 13.1. The van der Waals surface area contributed by atoms with Crippen molar-refractivity contribution in [2.45, 2.75) is 30.4 Å². The molecule has 1 N–H and O–H groups in total. The Labute approximate surface area is 193 Å². The maximum Gasteiger partial charge on any atom is 0.417 e. The number of halogens is 4. The minimum Gasteiger partial charge on any atom is -0.325 e. The quantitative estimate of drug-likeness (QED) is 0.349.